The maximum atomic E-state index is 7.83. The van der Waals surface area contributed by atoms with Crippen molar-refractivity contribution in [2.45, 2.75) is 26.3 Å². The van der Waals surface area contributed by atoms with Gasteiger partial charge in [-0.05, 0) is 18.1 Å². The van der Waals surface area contributed by atoms with E-state index in [1.807, 2.05) is 30.1 Å². The molecule has 1 N–H and O–H groups in total. The van der Waals surface area contributed by atoms with Crippen LogP contribution in [0.5, 0.6) is 0 Å². The molecule has 0 saturated carbocycles. The van der Waals surface area contributed by atoms with Crippen molar-refractivity contribution in [2.75, 3.05) is 7.05 Å². The number of nitrogens with one attached hydrogen (secondary N) is 1. The van der Waals surface area contributed by atoms with Gasteiger partial charge in [0.2, 0.25) is 0 Å². The molecule has 0 aliphatic heterocycles. The lowest BCUT2D eigenvalue weighted by Crippen LogP contribution is -2.25. The molecule has 0 amide bonds. The molecule has 0 aliphatic carbocycles. The van der Waals surface area contributed by atoms with Crippen LogP contribution in [0.4, 0.5) is 0 Å². The molecule has 0 unspecified atom stereocenters. The molecule has 2 nitrogen and oxygen atoms in total. The minimum Gasteiger partial charge on any atom is -0.359 e. The summed E-state index contributed by atoms with van der Waals surface area (Å²) < 4.78 is 1.11. The van der Waals surface area contributed by atoms with Gasteiger partial charge < -0.3 is 4.90 Å². The second-order valence-corrected chi connectivity index (χ2v) is 4.50. The summed E-state index contributed by atoms with van der Waals surface area (Å²) in [5, 5.41) is 7.83. The fourth-order valence-electron chi connectivity index (χ4n) is 1.41. The first-order chi connectivity index (χ1) is 7.15. The predicted molar refractivity (Wildman–Crippen MR) is 68.2 cm³/mol. The Balaban J connectivity index is 2.62. The Morgan fingerprint density at radius 2 is 2.07 bits per heavy atom. The van der Waals surface area contributed by atoms with E-state index in [0.717, 1.165) is 23.9 Å². The second kappa shape index (κ2) is 5.91. The zero-order chi connectivity index (χ0) is 11.3. The number of hydrogen-bond donors (Lipinski definition) is 1. The van der Waals surface area contributed by atoms with E-state index in [0.29, 0.717) is 5.84 Å². The molecule has 0 aromatic heterocycles. The highest BCUT2D eigenvalue weighted by Crippen LogP contribution is 2.17. The number of amidine groups is 1. The summed E-state index contributed by atoms with van der Waals surface area (Å²) in [5.41, 5.74) is 1.22. The third-order valence-corrected chi connectivity index (χ3v) is 3.09. The molecule has 0 fully saturated rings. The normalized spacial score (nSPS) is 10.1. The van der Waals surface area contributed by atoms with Gasteiger partial charge in [-0.1, -0.05) is 41.1 Å². The van der Waals surface area contributed by atoms with Crippen molar-refractivity contribution in [1.82, 2.24) is 4.90 Å². The van der Waals surface area contributed by atoms with Crippen molar-refractivity contribution >= 4 is 21.8 Å². The summed E-state index contributed by atoms with van der Waals surface area (Å²) >= 11 is 3.52. The lowest BCUT2D eigenvalue weighted by Gasteiger charge is -2.20. The summed E-state index contributed by atoms with van der Waals surface area (Å²) in [6, 6.07) is 8.15. The molecule has 0 bridgehead atoms. The van der Waals surface area contributed by atoms with Crippen LogP contribution < -0.4 is 0 Å². The average molecular weight is 269 g/mol. The molecule has 0 atom stereocenters. The minimum atomic E-state index is 0.702. The fraction of sp³-hybridized carbons (Fsp3) is 0.417. The number of hydrogen-bond acceptors (Lipinski definition) is 1. The fourth-order valence-corrected chi connectivity index (χ4v) is 1.82. The monoisotopic (exact) mass is 268 g/mol. The molecule has 15 heavy (non-hydrogen) atoms. The first-order valence-corrected chi connectivity index (χ1v) is 5.96. The van der Waals surface area contributed by atoms with E-state index in [1.54, 1.807) is 0 Å². The van der Waals surface area contributed by atoms with E-state index in [2.05, 4.69) is 28.9 Å². The highest BCUT2D eigenvalue weighted by atomic mass is 79.9. The number of nitrogens with zero attached hydrogens (tertiary/aromatic N) is 1. The van der Waals surface area contributed by atoms with Crippen LogP contribution in [0.15, 0.2) is 28.7 Å². The molecule has 0 heterocycles. The van der Waals surface area contributed by atoms with Crippen LogP contribution in [0.1, 0.15) is 25.3 Å². The van der Waals surface area contributed by atoms with Crippen molar-refractivity contribution in [3.05, 3.63) is 34.3 Å². The van der Waals surface area contributed by atoms with E-state index >= 15 is 0 Å². The second-order valence-electron chi connectivity index (χ2n) is 3.64. The Morgan fingerprint density at radius 3 is 2.67 bits per heavy atom. The van der Waals surface area contributed by atoms with Crippen LogP contribution in [-0.4, -0.2) is 17.8 Å². The van der Waals surface area contributed by atoms with Gasteiger partial charge in [-0.2, -0.15) is 0 Å². The van der Waals surface area contributed by atoms with Crippen LogP contribution in [0.2, 0.25) is 0 Å². The first kappa shape index (κ1) is 12.2. The largest absolute Gasteiger partial charge is 0.359 e. The van der Waals surface area contributed by atoms with E-state index < -0.39 is 0 Å². The summed E-state index contributed by atoms with van der Waals surface area (Å²) in [6.07, 6.45) is 1.88. The molecular weight excluding hydrogens is 252 g/mol. The van der Waals surface area contributed by atoms with Gasteiger partial charge in [0.15, 0.2) is 0 Å². The Morgan fingerprint density at radius 1 is 1.40 bits per heavy atom. The van der Waals surface area contributed by atoms with Gasteiger partial charge in [0.05, 0.1) is 5.84 Å². The Labute approximate surface area is 99.9 Å². The molecule has 0 aliphatic rings. The molecule has 0 spiro atoms. The van der Waals surface area contributed by atoms with Crippen LogP contribution in [0.25, 0.3) is 0 Å². The molecule has 1 aromatic rings. The molecular formula is C12H17BrN2. The zero-order valence-electron chi connectivity index (χ0n) is 9.26. The van der Waals surface area contributed by atoms with Gasteiger partial charge in [0, 0.05) is 24.5 Å². The molecule has 0 radical (unpaired) electrons. The van der Waals surface area contributed by atoms with Crippen molar-refractivity contribution in [1.29, 1.82) is 5.41 Å². The highest BCUT2D eigenvalue weighted by molar-refractivity contribution is 9.10. The lowest BCUT2D eigenvalue weighted by molar-refractivity contribution is 0.482. The summed E-state index contributed by atoms with van der Waals surface area (Å²) in [4.78, 5) is 1.99. The van der Waals surface area contributed by atoms with Crippen molar-refractivity contribution in [2.24, 2.45) is 0 Å². The van der Waals surface area contributed by atoms with Gasteiger partial charge in [0.1, 0.15) is 0 Å². The maximum absolute atomic E-state index is 7.83. The van der Waals surface area contributed by atoms with Crippen molar-refractivity contribution in [3.8, 4) is 0 Å². The molecule has 82 valence electrons. The van der Waals surface area contributed by atoms with Gasteiger partial charge in [0.25, 0.3) is 0 Å². The third-order valence-electron chi connectivity index (χ3n) is 2.31. The van der Waals surface area contributed by atoms with Crippen LogP contribution in [0, 0.1) is 5.41 Å². The third kappa shape index (κ3) is 3.67. The average Bonchev–Trinajstić information content (AvgIpc) is 2.21. The Kier molecular flexibility index (Phi) is 4.82. The summed E-state index contributed by atoms with van der Waals surface area (Å²) in [7, 11) is 1.97. The van der Waals surface area contributed by atoms with Gasteiger partial charge in [-0.25, -0.2) is 0 Å². The van der Waals surface area contributed by atoms with E-state index in [-0.39, 0.29) is 0 Å². The Bertz CT molecular complexity index is 336. The number of halogens is 1. The maximum Gasteiger partial charge on any atom is 0.0957 e. The van der Waals surface area contributed by atoms with Crippen molar-refractivity contribution < 1.29 is 0 Å². The first-order valence-electron chi connectivity index (χ1n) is 5.17. The predicted octanol–water partition coefficient (Wildman–Crippen LogP) is 3.66. The standard InChI is InChI=1S/C12H17BrN2/c1-3-6-12(14)15(2)9-10-7-4-5-8-11(10)13/h4-5,7-8,14H,3,6,9H2,1-2H3. The topological polar surface area (TPSA) is 27.1 Å². The summed E-state index contributed by atoms with van der Waals surface area (Å²) in [6.45, 7) is 2.89. The zero-order valence-corrected chi connectivity index (χ0v) is 10.8. The molecule has 1 rings (SSSR count). The van der Waals surface area contributed by atoms with Gasteiger partial charge in [-0.3, -0.25) is 5.41 Å². The Hall–Kier alpha value is -0.830. The lowest BCUT2D eigenvalue weighted by atomic mass is 10.2. The quantitative estimate of drug-likeness (QED) is 0.655. The van der Waals surface area contributed by atoms with Crippen molar-refractivity contribution in [3.63, 3.8) is 0 Å². The van der Waals surface area contributed by atoms with Crippen LogP contribution >= 0.6 is 15.9 Å². The van der Waals surface area contributed by atoms with Crippen LogP contribution in [0.3, 0.4) is 0 Å². The molecule has 0 saturated heterocycles. The van der Waals surface area contributed by atoms with E-state index in [9.17, 15) is 0 Å². The summed E-state index contributed by atoms with van der Waals surface area (Å²) in [5.74, 6) is 0.702. The number of benzene rings is 1. The van der Waals surface area contributed by atoms with Gasteiger partial charge in [-0.15, -0.1) is 0 Å². The van der Waals surface area contributed by atoms with Crippen LogP contribution in [-0.2, 0) is 6.54 Å². The number of rotatable bonds is 4. The van der Waals surface area contributed by atoms with E-state index in [1.165, 1.54) is 5.56 Å². The van der Waals surface area contributed by atoms with Gasteiger partial charge >= 0.3 is 0 Å². The molecule has 3 heteroatoms. The minimum absolute atomic E-state index is 0.702. The smallest absolute Gasteiger partial charge is 0.0957 e. The SMILES string of the molecule is CCCC(=N)N(C)Cc1ccccc1Br. The van der Waals surface area contributed by atoms with E-state index in [4.69, 9.17) is 5.41 Å². The highest BCUT2D eigenvalue weighted by Gasteiger charge is 2.06. The molecule has 1 aromatic carbocycles.